The van der Waals surface area contributed by atoms with Crippen molar-refractivity contribution in [2.45, 2.75) is 43.1 Å². The Morgan fingerprint density at radius 2 is 1.86 bits per heavy atom. The molecular weight excluding hydrogens is 538 g/mol. The number of hydrogen-bond donors (Lipinski definition) is 0. The molecule has 8 rings (SSSR count). The molecule has 4 radical (unpaired) electrons. The molecule has 0 aromatic carbocycles. The van der Waals surface area contributed by atoms with Gasteiger partial charge in [0.1, 0.15) is 24.2 Å². The molecule has 7 heterocycles. The van der Waals surface area contributed by atoms with Crippen LogP contribution in [0.25, 0.3) is 16.6 Å². The highest BCUT2D eigenvalue weighted by molar-refractivity contribution is 6.40. The van der Waals surface area contributed by atoms with Gasteiger partial charge in [-0.2, -0.15) is 15.6 Å². The van der Waals surface area contributed by atoms with Crippen LogP contribution in [0.4, 0.5) is 5.82 Å². The highest BCUT2D eigenvalue weighted by atomic mass is 16.5. The van der Waals surface area contributed by atoms with Gasteiger partial charge in [0.25, 0.3) is 0 Å². The number of anilines is 1. The first kappa shape index (κ1) is 27.3. The number of piperidine rings is 1. The molecule has 4 fully saturated rings. The summed E-state index contributed by atoms with van der Waals surface area (Å²) < 4.78 is 12.9. The lowest BCUT2D eigenvalue weighted by molar-refractivity contribution is -0.00876. The number of methoxy groups -OCH3 is 1. The fraction of sp³-hybridized carbons (Fsp3) is 0.387. The summed E-state index contributed by atoms with van der Waals surface area (Å²) in [5, 5.41) is 23.0. The van der Waals surface area contributed by atoms with Crippen molar-refractivity contribution in [3.8, 4) is 34.9 Å². The summed E-state index contributed by atoms with van der Waals surface area (Å²) in [7, 11) is 13.6. The number of nitriles is 2. The van der Waals surface area contributed by atoms with Gasteiger partial charge in [0.15, 0.2) is 0 Å². The molecule has 3 saturated heterocycles. The Bertz CT molecular complexity index is 1740. The van der Waals surface area contributed by atoms with Crippen molar-refractivity contribution >= 4 is 27.0 Å². The van der Waals surface area contributed by atoms with Crippen LogP contribution in [0.15, 0.2) is 55.1 Å². The van der Waals surface area contributed by atoms with Crippen LogP contribution in [0, 0.1) is 28.1 Å². The maximum Gasteiger partial charge on any atom is 0.212 e. The Hall–Kier alpha value is -4.54. The molecule has 210 valence electrons. The van der Waals surface area contributed by atoms with Crippen molar-refractivity contribution in [2.24, 2.45) is 5.41 Å². The first-order chi connectivity index (χ1) is 20.8. The van der Waals surface area contributed by atoms with Gasteiger partial charge in [0, 0.05) is 61.3 Å². The minimum atomic E-state index is -0.841. The van der Waals surface area contributed by atoms with Crippen molar-refractivity contribution in [1.82, 2.24) is 24.5 Å². The van der Waals surface area contributed by atoms with Gasteiger partial charge < -0.3 is 14.4 Å². The van der Waals surface area contributed by atoms with E-state index in [4.69, 9.17) is 30.2 Å². The lowest BCUT2D eigenvalue weighted by Gasteiger charge is -2.56. The molecule has 12 heteroatoms. The number of fused-ring (bicyclic) bond motifs is 3. The molecule has 4 aromatic rings. The van der Waals surface area contributed by atoms with Crippen LogP contribution in [0.2, 0.25) is 5.21 Å². The third-order valence-electron chi connectivity index (χ3n) is 8.89. The van der Waals surface area contributed by atoms with Gasteiger partial charge in [0.05, 0.1) is 57.8 Å². The van der Waals surface area contributed by atoms with Crippen molar-refractivity contribution < 1.29 is 9.47 Å². The average molecular weight is 566 g/mol. The van der Waals surface area contributed by atoms with Gasteiger partial charge in [-0.05, 0) is 43.0 Å². The lowest BCUT2D eigenvalue weighted by Crippen LogP contribution is -2.68. The molecule has 0 amide bonds. The van der Waals surface area contributed by atoms with Crippen molar-refractivity contribution in [3.05, 3.63) is 66.2 Å². The second kappa shape index (κ2) is 10.3. The van der Waals surface area contributed by atoms with Gasteiger partial charge in [-0.15, -0.1) is 0 Å². The molecule has 0 spiro atoms. The van der Waals surface area contributed by atoms with E-state index in [-0.39, 0.29) is 6.61 Å². The molecule has 0 N–H and O–H groups in total. The molecule has 2 bridgehead atoms. The normalized spacial score (nSPS) is 21.7. The van der Waals surface area contributed by atoms with E-state index in [0.717, 1.165) is 36.6 Å². The van der Waals surface area contributed by atoms with E-state index in [1.807, 2.05) is 36.7 Å². The Labute approximate surface area is 252 Å². The van der Waals surface area contributed by atoms with E-state index in [1.165, 1.54) is 18.2 Å². The summed E-state index contributed by atoms with van der Waals surface area (Å²) in [5.41, 5.74) is 3.21. The minimum absolute atomic E-state index is 0.164. The molecule has 1 saturated carbocycles. The van der Waals surface area contributed by atoms with Crippen LogP contribution in [-0.2, 0) is 6.54 Å². The smallest absolute Gasteiger partial charge is 0.212 e. The first-order valence-electron chi connectivity index (χ1n) is 14.3. The Morgan fingerprint density at radius 3 is 2.49 bits per heavy atom. The number of pyridine rings is 3. The van der Waals surface area contributed by atoms with Crippen molar-refractivity contribution in [3.63, 3.8) is 0 Å². The molecule has 3 aliphatic heterocycles. The topological polar surface area (TPSA) is 116 Å². The summed E-state index contributed by atoms with van der Waals surface area (Å²) in [4.78, 5) is 14.1. The van der Waals surface area contributed by atoms with Crippen molar-refractivity contribution in [1.29, 1.82) is 10.5 Å². The van der Waals surface area contributed by atoms with E-state index < -0.39 is 10.6 Å². The summed E-state index contributed by atoms with van der Waals surface area (Å²) in [6.45, 7) is 2.86. The third kappa shape index (κ3) is 4.96. The number of rotatable bonds is 8. The highest BCUT2D eigenvalue weighted by Gasteiger charge is 2.49. The zero-order chi connectivity index (χ0) is 29.8. The first-order valence-corrected chi connectivity index (χ1v) is 14.3. The summed E-state index contributed by atoms with van der Waals surface area (Å²) >= 11 is 0. The quantitative estimate of drug-likeness (QED) is 0.297. The Morgan fingerprint density at radius 1 is 1.05 bits per heavy atom. The molecule has 4 aromatic heterocycles. The highest BCUT2D eigenvalue weighted by Crippen LogP contribution is 2.55. The largest absolute Gasteiger partial charge is 0.490 e. The number of ether oxygens (including phenoxy) is 2. The van der Waals surface area contributed by atoms with Crippen LogP contribution in [0.5, 0.6) is 11.6 Å². The van der Waals surface area contributed by atoms with Crippen LogP contribution in [-0.4, -0.2) is 79.1 Å². The number of aromatic nitrogens is 4. The predicted molar refractivity (Wildman–Crippen MR) is 161 cm³/mol. The van der Waals surface area contributed by atoms with Crippen molar-refractivity contribution in [2.75, 3.05) is 31.7 Å². The monoisotopic (exact) mass is 566 g/mol. The van der Waals surface area contributed by atoms with Gasteiger partial charge >= 0.3 is 0 Å². The lowest BCUT2D eigenvalue weighted by atomic mass is 9.36. The van der Waals surface area contributed by atoms with E-state index in [1.54, 1.807) is 17.8 Å². The molecular formula is C31H28B2N8O2. The Kier molecular flexibility index (Phi) is 6.55. The maximum atomic E-state index is 9.75. The second-order valence-corrected chi connectivity index (χ2v) is 12.1. The van der Waals surface area contributed by atoms with E-state index in [9.17, 15) is 10.5 Å². The fourth-order valence-corrected chi connectivity index (χ4v) is 6.82. The molecule has 10 nitrogen and oxygen atoms in total. The predicted octanol–water partition coefficient (Wildman–Crippen LogP) is 3.27. The Balaban J connectivity index is 1.08. The summed E-state index contributed by atoms with van der Waals surface area (Å²) in [5.74, 6) is 2.08. The molecule has 43 heavy (non-hydrogen) atoms. The maximum absolute atomic E-state index is 9.75. The zero-order valence-electron chi connectivity index (χ0n) is 23.8. The van der Waals surface area contributed by atoms with Gasteiger partial charge in [-0.3, -0.25) is 4.90 Å². The SMILES string of the molecule is [B]C1([B])CC(C#N)(COc2cc(-c3ccc(N4CC5CC(C4)N5Cc4ccc(OC)nc4)nc3)c3c(C#N)cnn3c2)C1. The van der Waals surface area contributed by atoms with E-state index >= 15 is 0 Å². The zero-order valence-corrected chi connectivity index (χ0v) is 23.8. The van der Waals surface area contributed by atoms with Crippen LogP contribution < -0.4 is 14.4 Å². The van der Waals surface area contributed by atoms with Gasteiger partial charge in [0.2, 0.25) is 5.88 Å². The van der Waals surface area contributed by atoms with Crippen LogP contribution in [0.1, 0.15) is 30.4 Å². The van der Waals surface area contributed by atoms with E-state index in [0.29, 0.717) is 47.6 Å². The van der Waals surface area contributed by atoms with Gasteiger partial charge in [-0.1, -0.05) is 11.3 Å². The van der Waals surface area contributed by atoms with Crippen LogP contribution in [0.3, 0.4) is 0 Å². The fourth-order valence-electron chi connectivity index (χ4n) is 6.82. The number of hydrogen-bond acceptors (Lipinski definition) is 9. The molecule has 4 aliphatic rings. The number of nitrogens with zero attached hydrogens (tertiary/aromatic N) is 8. The van der Waals surface area contributed by atoms with Gasteiger partial charge in [-0.25, -0.2) is 14.5 Å². The minimum Gasteiger partial charge on any atom is -0.490 e. The number of piperazine rings is 1. The van der Waals surface area contributed by atoms with Crippen LogP contribution >= 0.6 is 0 Å². The summed E-state index contributed by atoms with van der Waals surface area (Å²) in [6.07, 6.45) is 8.90. The third-order valence-corrected chi connectivity index (χ3v) is 8.89. The summed E-state index contributed by atoms with van der Waals surface area (Å²) in [6, 6.07) is 15.4. The molecule has 2 unspecified atom stereocenters. The molecule has 1 aliphatic carbocycles. The molecule has 2 atom stereocenters. The second-order valence-electron chi connectivity index (χ2n) is 12.1. The van der Waals surface area contributed by atoms with E-state index in [2.05, 4.69) is 38.1 Å². The standard InChI is InChI=1S/C31H28B2N8O2/c1-42-28-5-2-20(9-37-28)12-40-23-6-24(40)14-39(13-23)27-4-3-21(10-36-27)26-7-25(15-41-29(26)22(8-34)11-38-41)43-19-30(18-35)16-31(32,33)17-30/h2-5,7,9-11,15,23-24H,6,12-14,16-17,19H2,1H3. The average Bonchev–Trinajstić information content (AvgIpc) is 3.44.